The zero-order chi connectivity index (χ0) is 22.6. The highest BCUT2D eigenvalue weighted by molar-refractivity contribution is 6.01. The number of carbonyl (C=O) groups excluding carboxylic acids is 2. The minimum Gasteiger partial charge on any atom is -0.479 e. The molecule has 3 saturated carbocycles. The van der Waals surface area contributed by atoms with E-state index >= 15 is 0 Å². The van der Waals surface area contributed by atoms with Gasteiger partial charge in [0, 0.05) is 11.3 Å². The number of carboxylic acids is 1. The molecule has 31 heavy (non-hydrogen) atoms. The minimum atomic E-state index is -2.52. The van der Waals surface area contributed by atoms with Crippen LogP contribution in [-0.4, -0.2) is 56.3 Å². The Labute approximate surface area is 181 Å². The van der Waals surface area contributed by atoms with Crippen molar-refractivity contribution >= 4 is 17.5 Å². The van der Waals surface area contributed by atoms with E-state index in [0.29, 0.717) is 12.8 Å². The average Bonchev–Trinajstić information content (AvgIpc) is 3.32. The Balaban J connectivity index is 1.46. The Morgan fingerprint density at radius 1 is 1.23 bits per heavy atom. The van der Waals surface area contributed by atoms with E-state index in [1.807, 2.05) is 6.08 Å². The van der Waals surface area contributed by atoms with Gasteiger partial charge in [-0.25, -0.2) is 4.79 Å². The first-order valence-corrected chi connectivity index (χ1v) is 11.2. The number of epoxide rings is 1. The van der Waals surface area contributed by atoms with Crippen LogP contribution in [0.4, 0.5) is 0 Å². The molecular formula is C24H30O7. The van der Waals surface area contributed by atoms with E-state index in [4.69, 9.17) is 4.74 Å². The van der Waals surface area contributed by atoms with Crippen molar-refractivity contribution in [3.8, 4) is 0 Å². The van der Waals surface area contributed by atoms with E-state index in [-0.39, 0.29) is 34.7 Å². The van der Waals surface area contributed by atoms with E-state index < -0.39 is 34.8 Å². The van der Waals surface area contributed by atoms with Crippen molar-refractivity contribution in [2.75, 3.05) is 0 Å². The number of allylic oxidation sites excluding steroid dienone is 2. The predicted octanol–water partition coefficient (Wildman–Crippen LogP) is 1.81. The standard InChI is InChI=1S/C24H30O7/c1-21-11-17-24(31-17)15(5-4-12-10-13(25)8-9-22(12,24)2)14(21)6-7-16(21)18(26)19(27)23(3,30)20(28)29/h8-10,14-17,19,27,30H,4-7,11H2,1-3H3,(H,28,29)/t14-,15-,16+,17+,19?,21-,22-,23?,24?/m0/s1. The molecular weight excluding hydrogens is 400 g/mol. The Morgan fingerprint density at radius 2 is 1.94 bits per heavy atom. The van der Waals surface area contributed by atoms with Gasteiger partial charge in [0.25, 0.3) is 0 Å². The number of carboxylic acid groups (broad SMARTS) is 1. The molecule has 1 spiro atoms. The maximum Gasteiger partial charge on any atom is 0.338 e. The number of ketones is 2. The largest absolute Gasteiger partial charge is 0.479 e. The molecule has 9 atom stereocenters. The molecule has 0 amide bonds. The summed E-state index contributed by atoms with van der Waals surface area (Å²) >= 11 is 0. The van der Waals surface area contributed by atoms with Gasteiger partial charge in [-0.15, -0.1) is 0 Å². The first-order valence-electron chi connectivity index (χ1n) is 11.2. The van der Waals surface area contributed by atoms with Crippen LogP contribution < -0.4 is 0 Å². The third kappa shape index (κ3) is 2.43. The van der Waals surface area contributed by atoms with Crippen LogP contribution in [0, 0.1) is 28.6 Å². The lowest BCUT2D eigenvalue weighted by atomic mass is 9.47. The second kappa shape index (κ2) is 6.15. The topological polar surface area (TPSA) is 124 Å². The van der Waals surface area contributed by atoms with Gasteiger partial charge in [-0.1, -0.05) is 18.6 Å². The number of hydrogen-bond acceptors (Lipinski definition) is 6. The van der Waals surface area contributed by atoms with Gasteiger partial charge in [0.05, 0.1) is 6.10 Å². The molecule has 3 unspecified atom stereocenters. The van der Waals surface area contributed by atoms with Crippen molar-refractivity contribution in [1.29, 1.82) is 0 Å². The number of carbonyl (C=O) groups is 3. The lowest BCUT2D eigenvalue weighted by Crippen LogP contribution is -2.58. The number of rotatable bonds is 4. The Hall–Kier alpha value is -1.83. The predicted molar refractivity (Wildman–Crippen MR) is 109 cm³/mol. The van der Waals surface area contributed by atoms with E-state index in [1.165, 1.54) is 0 Å². The summed E-state index contributed by atoms with van der Waals surface area (Å²) in [6.07, 6.45) is 7.10. The Kier molecular flexibility index (Phi) is 4.17. The molecule has 3 N–H and O–H groups in total. The summed E-state index contributed by atoms with van der Waals surface area (Å²) in [5, 5.41) is 29.9. The second-order valence-corrected chi connectivity index (χ2v) is 10.9. The molecule has 0 aromatic heterocycles. The fourth-order valence-corrected chi connectivity index (χ4v) is 7.70. The van der Waals surface area contributed by atoms with Gasteiger partial charge < -0.3 is 20.1 Å². The summed E-state index contributed by atoms with van der Waals surface area (Å²) in [4.78, 5) is 36.5. The van der Waals surface area contributed by atoms with Crippen molar-refractivity contribution in [1.82, 2.24) is 0 Å². The smallest absolute Gasteiger partial charge is 0.338 e. The Bertz CT molecular complexity index is 948. The number of aliphatic hydroxyl groups is 2. The number of ether oxygens (including phenoxy) is 1. The van der Waals surface area contributed by atoms with Gasteiger partial charge in [-0.05, 0) is 75.4 Å². The van der Waals surface area contributed by atoms with Gasteiger partial charge in [-0.2, -0.15) is 0 Å². The summed E-state index contributed by atoms with van der Waals surface area (Å²) in [6, 6.07) is 0. The SMILES string of the molecule is CC(O)(C(=O)O)C(O)C(=O)[C@H]1CC[C@H]2[C@@H]3CCC4=CC(=O)C=C[C@]4(C)C34O[C@@H]4C[C@]12C. The van der Waals surface area contributed by atoms with E-state index in [2.05, 4.69) is 13.8 Å². The van der Waals surface area contributed by atoms with Crippen molar-refractivity contribution in [2.24, 2.45) is 28.6 Å². The van der Waals surface area contributed by atoms with Gasteiger partial charge in [0.15, 0.2) is 23.3 Å². The van der Waals surface area contributed by atoms with E-state index in [1.54, 1.807) is 12.2 Å². The summed E-state index contributed by atoms with van der Waals surface area (Å²) in [6.45, 7) is 5.19. The molecule has 168 valence electrons. The van der Waals surface area contributed by atoms with Crippen molar-refractivity contribution < 1.29 is 34.4 Å². The zero-order valence-corrected chi connectivity index (χ0v) is 18.1. The van der Waals surface area contributed by atoms with Crippen LogP contribution in [0.1, 0.15) is 52.9 Å². The van der Waals surface area contributed by atoms with Gasteiger partial charge in [-0.3, -0.25) is 9.59 Å². The van der Waals surface area contributed by atoms with Crippen molar-refractivity contribution in [3.05, 3.63) is 23.8 Å². The number of hydrogen-bond donors (Lipinski definition) is 3. The van der Waals surface area contributed by atoms with Gasteiger partial charge in [0.2, 0.25) is 0 Å². The molecule has 0 radical (unpaired) electrons. The molecule has 5 aliphatic rings. The molecule has 4 fully saturated rings. The van der Waals surface area contributed by atoms with E-state index in [9.17, 15) is 29.7 Å². The minimum absolute atomic E-state index is 0.0196. The first kappa shape index (κ1) is 21.0. The maximum atomic E-state index is 13.2. The Morgan fingerprint density at radius 3 is 2.61 bits per heavy atom. The molecule has 1 saturated heterocycles. The van der Waals surface area contributed by atoms with Crippen LogP contribution in [0.25, 0.3) is 0 Å². The zero-order valence-electron chi connectivity index (χ0n) is 18.1. The van der Waals surface area contributed by atoms with Gasteiger partial charge >= 0.3 is 5.97 Å². The van der Waals surface area contributed by atoms with Crippen molar-refractivity contribution in [2.45, 2.75) is 76.3 Å². The van der Waals surface area contributed by atoms with E-state index in [0.717, 1.165) is 31.8 Å². The fraction of sp³-hybridized carbons (Fsp3) is 0.708. The molecule has 4 aliphatic carbocycles. The second-order valence-electron chi connectivity index (χ2n) is 10.9. The molecule has 5 rings (SSSR count). The lowest BCUT2D eigenvalue weighted by Gasteiger charge is -2.54. The first-order chi connectivity index (χ1) is 14.4. The molecule has 1 heterocycles. The monoisotopic (exact) mass is 430 g/mol. The maximum absolute atomic E-state index is 13.2. The van der Waals surface area contributed by atoms with Crippen LogP contribution in [0.15, 0.2) is 23.8 Å². The summed E-state index contributed by atoms with van der Waals surface area (Å²) in [5.74, 6) is -2.27. The van der Waals surface area contributed by atoms with Crippen LogP contribution in [0.3, 0.4) is 0 Å². The third-order valence-electron chi connectivity index (χ3n) is 9.51. The molecule has 7 nitrogen and oxygen atoms in total. The third-order valence-corrected chi connectivity index (χ3v) is 9.51. The number of aliphatic carboxylic acids is 1. The normalized spacial score (nSPS) is 47.8. The number of Topliss-reactive ketones (excluding diaryl/α,β-unsaturated/α-hetero) is 1. The molecule has 0 aromatic carbocycles. The number of aliphatic hydroxyl groups excluding tert-OH is 1. The quantitative estimate of drug-likeness (QED) is 0.581. The lowest BCUT2D eigenvalue weighted by molar-refractivity contribution is -0.175. The van der Waals surface area contributed by atoms with Crippen LogP contribution >= 0.6 is 0 Å². The molecule has 7 heteroatoms. The highest BCUT2D eigenvalue weighted by Gasteiger charge is 2.79. The molecule has 0 aromatic rings. The van der Waals surface area contributed by atoms with Crippen molar-refractivity contribution in [3.63, 3.8) is 0 Å². The highest BCUT2D eigenvalue weighted by Crippen LogP contribution is 2.75. The van der Waals surface area contributed by atoms with Crippen LogP contribution in [-0.2, 0) is 19.1 Å². The van der Waals surface area contributed by atoms with Gasteiger partial charge in [0.1, 0.15) is 5.60 Å². The van der Waals surface area contributed by atoms with Crippen LogP contribution in [0.2, 0.25) is 0 Å². The molecule has 1 aliphatic heterocycles. The molecule has 0 bridgehead atoms. The number of fused-ring (bicyclic) bond motifs is 3. The summed E-state index contributed by atoms with van der Waals surface area (Å²) in [7, 11) is 0. The summed E-state index contributed by atoms with van der Waals surface area (Å²) < 4.78 is 6.45. The highest BCUT2D eigenvalue weighted by atomic mass is 16.6. The fourth-order valence-electron chi connectivity index (χ4n) is 7.70. The summed E-state index contributed by atoms with van der Waals surface area (Å²) in [5.41, 5.74) is -2.50. The average molecular weight is 430 g/mol. The van der Waals surface area contributed by atoms with Crippen LogP contribution in [0.5, 0.6) is 0 Å².